The Labute approximate surface area is 114 Å². The Balaban J connectivity index is 2.21. The summed E-state index contributed by atoms with van der Waals surface area (Å²) in [5.74, 6) is 0. The minimum atomic E-state index is 0.180. The Hall–Kier alpha value is -1.68. The molecule has 102 valence electrons. The normalized spacial score (nSPS) is 12.5. The second kappa shape index (κ2) is 7.04. The van der Waals surface area contributed by atoms with Gasteiger partial charge in [0.05, 0.1) is 12.2 Å². The average Bonchev–Trinajstić information content (AvgIpc) is 2.89. The van der Waals surface area contributed by atoms with Gasteiger partial charge in [-0.3, -0.25) is 9.67 Å². The highest BCUT2D eigenvalue weighted by Crippen LogP contribution is 2.20. The molecule has 1 atom stereocenters. The molecular weight excluding hydrogens is 236 g/mol. The highest BCUT2D eigenvalue weighted by molar-refractivity contribution is 5.26. The van der Waals surface area contributed by atoms with E-state index < -0.39 is 0 Å². The second-order valence-electron chi connectivity index (χ2n) is 4.71. The molecule has 0 aliphatic carbocycles. The summed E-state index contributed by atoms with van der Waals surface area (Å²) in [5.41, 5.74) is 2.39. The van der Waals surface area contributed by atoms with Gasteiger partial charge in [0.15, 0.2) is 0 Å². The summed E-state index contributed by atoms with van der Waals surface area (Å²) in [6, 6.07) is 4.27. The molecular formula is C15H22N4. The largest absolute Gasteiger partial charge is 0.306 e. The van der Waals surface area contributed by atoms with Gasteiger partial charge in [-0.1, -0.05) is 19.9 Å². The van der Waals surface area contributed by atoms with Crippen molar-refractivity contribution >= 4 is 0 Å². The number of hydrogen-bond donors (Lipinski definition) is 1. The van der Waals surface area contributed by atoms with Gasteiger partial charge >= 0.3 is 0 Å². The van der Waals surface area contributed by atoms with Crippen LogP contribution in [0.1, 0.15) is 43.9 Å². The number of aromatic nitrogens is 3. The molecule has 2 rings (SSSR count). The number of rotatable bonds is 7. The third kappa shape index (κ3) is 3.64. The van der Waals surface area contributed by atoms with Gasteiger partial charge in [0.2, 0.25) is 0 Å². The van der Waals surface area contributed by atoms with Crippen molar-refractivity contribution in [3.63, 3.8) is 0 Å². The van der Waals surface area contributed by atoms with Gasteiger partial charge in [-0.15, -0.1) is 0 Å². The number of aryl methyl sites for hydroxylation is 1. The van der Waals surface area contributed by atoms with Gasteiger partial charge in [-0.05, 0) is 31.0 Å². The van der Waals surface area contributed by atoms with Gasteiger partial charge < -0.3 is 5.32 Å². The van der Waals surface area contributed by atoms with Crippen LogP contribution in [0.3, 0.4) is 0 Å². The zero-order chi connectivity index (χ0) is 13.5. The predicted octanol–water partition coefficient (Wildman–Crippen LogP) is 2.78. The number of nitrogens with zero attached hydrogens (tertiary/aromatic N) is 3. The van der Waals surface area contributed by atoms with Crippen LogP contribution >= 0.6 is 0 Å². The lowest BCUT2D eigenvalue weighted by Gasteiger charge is -2.17. The molecule has 0 fully saturated rings. The molecule has 2 aromatic heterocycles. The van der Waals surface area contributed by atoms with Crippen LogP contribution in [0.4, 0.5) is 0 Å². The molecule has 4 nitrogen and oxygen atoms in total. The van der Waals surface area contributed by atoms with Gasteiger partial charge in [-0.2, -0.15) is 5.10 Å². The standard InChI is InChI=1S/C15H22N4/c1-3-7-17-15(13-6-5-8-16-10-13)14-11-18-19(12-14)9-4-2/h5-6,8,10-12,15,17H,3-4,7,9H2,1-2H3. The van der Waals surface area contributed by atoms with Crippen LogP contribution in [0.5, 0.6) is 0 Å². The summed E-state index contributed by atoms with van der Waals surface area (Å²) in [7, 11) is 0. The summed E-state index contributed by atoms with van der Waals surface area (Å²) in [6.07, 6.45) is 10.0. The van der Waals surface area contributed by atoms with Crippen molar-refractivity contribution in [2.45, 2.75) is 39.3 Å². The lowest BCUT2D eigenvalue weighted by atomic mass is 10.0. The van der Waals surface area contributed by atoms with E-state index in [-0.39, 0.29) is 6.04 Å². The van der Waals surface area contributed by atoms with Gasteiger partial charge in [-0.25, -0.2) is 0 Å². The summed E-state index contributed by atoms with van der Waals surface area (Å²) in [5, 5.41) is 7.98. The Kier molecular flexibility index (Phi) is 5.10. The fourth-order valence-electron chi connectivity index (χ4n) is 2.14. The Morgan fingerprint density at radius 1 is 1.21 bits per heavy atom. The number of nitrogens with one attached hydrogen (secondary N) is 1. The van der Waals surface area contributed by atoms with Crippen molar-refractivity contribution in [2.75, 3.05) is 6.54 Å². The first-order valence-corrected chi connectivity index (χ1v) is 7.00. The number of pyridine rings is 1. The predicted molar refractivity (Wildman–Crippen MR) is 76.9 cm³/mol. The van der Waals surface area contributed by atoms with E-state index in [4.69, 9.17) is 0 Å². The monoisotopic (exact) mass is 258 g/mol. The van der Waals surface area contributed by atoms with Crippen LogP contribution in [-0.4, -0.2) is 21.3 Å². The summed E-state index contributed by atoms with van der Waals surface area (Å²) in [6.45, 7) is 6.29. The first-order valence-electron chi connectivity index (χ1n) is 7.00. The summed E-state index contributed by atoms with van der Waals surface area (Å²) in [4.78, 5) is 4.22. The molecule has 0 spiro atoms. The van der Waals surface area contributed by atoms with Crippen LogP contribution in [0.25, 0.3) is 0 Å². The fourth-order valence-corrected chi connectivity index (χ4v) is 2.14. The lowest BCUT2D eigenvalue weighted by Crippen LogP contribution is -2.23. The number of hydrogen-bond acceptors (Lipinski definition) is 3. The zero-order valence-corrected chi connectivity index (χ0v) is 11.7. The molecule has 0 bridgehead atoms. The highest BCUT2D eigenvalue weighted by Gasteiger charge is 2.15. The van der Waals surface area contributed by atoms with E-state index in [1.54, 1.807) is 6.20 Å². The summed E-state index contributed by atoms with van der Waals surface area (Å²) < 4.78 is 2.01. The SMILES string of the molecule is CCCNC(c1cccnc1)c1cnn(CCC)c1. The first-order chi connectivity index (χ1) is 9.35. The maximum Gasteiger partial charge on any atom is 0.0623 e. The van der Waals surface area contributed by atoms with E-state index >= 15 is 0 Å². The van der Waals surface area contributed by atoms with E-state index in [2.05, 4.69) is 41.5 Å². The Morgan fingerprint density at radius 3 is 2.79 bits per heavy atom. The topological polar surface area (TPSA) is 42.7 Å². The van der Waals surface area contributed by atoms with Crippen molar-refractivity contribution in [2.24, 2.45) is 0 Å². The van der Waals surface area contributed by atoms with E-state index in [1.807, 2.05) is 23.1 Å². The molecule has 0 aliphatic rings. The van der Waals surface area contributed by atoms with E-state index in [0.29, 0.717) is 0 Å². The Bertz CT molecular complexity index is 478. The maximum atomic E-state index is 4.42. The minimum Gasteiger partial charge on any atom is -0.306 e. The average molecular weight is 258 g/mol. The molecule has 1 N–H and O–H groups in total. The van der Waals surface area contributed by atoms with Gasteiger partial charge in [0, 0.05) is 30.7 Å². The molecule has 2 heterocycles. The molecule has 2 aromatic rings. The molecule has 0 saturated heterocycles. The Morgan fingerprint density at radius 2 is 2.11 bits per heavy atom. The molecule has 0 amide bonds. The molecule has 4 heteroatoms. The van der Waals surface area contributed by atoms with Gasteiger partial charge in [0.25, 0.3) is 0 Å². The quantitative estimate of drug-likeness (QED) is 0.830. The molecule has 1 unspecified atom stereocenters. The van der Waals surface area contributed by atoms with Crippen molar-refractivity contribution in [1.82, 2.24) is 20.1 Å². The van der Waals surface area contributed by atoms with Crippen molar-refractivity contribution < 1.29 is 0 Å². The molecule has 0 saturated carbocycles. The zero-order valence-electron chi connectivity index (χ0n) is 11.7. The molecule has 0 radical (unpaired) electrons. The molecule has 19 heavy (non-hydrogen) atoms. The van der Waals surface area contributed by atoms with Crippen molar-refractivity contribution in [1.29, 1.82) is 0 Å². The maximum absolute atomic E-state index is 4.42. The smallest absolute Gasteiger partial charge is 0.0623 e. The van der Waals surface area contributed by atoms with E-state index in [1.165, 1.54) is 11.1 Å². The highest BCUT2D eigenvalue weighted by atomic mass is 15.3. The van der Waals surface area contributed by atoms with Crippen LogP contribution < -0.4 is 5.32 Å². The van der Waals surface area contributed by atoms with Crippen molar-refractivity contribution in [3.8, 4) is 0 Å². The summed E-state index contributed by atoms with van der Waals surface area (Å²) >= 11 is 0. The first kappa shape index (κ1) is 13.7. The van der Waals surface area contributed by atoms with Gasteiger partial charge in [0.1, 0.15) is 0 Å². The third-order valence-electron chi connectivity index (χ3n) is 3.06. The van der Waals surface area contributed by atoms with E-state index in [9.17, 15) is 0 Å². The third-order valence-corrected chi connectivity index (χ3v) is 3.06. The molecule has 0 aromatic carbocycles. The van der Waals surface area contributed by atoms with Crippen LogP contribution in [-0.2, 0) is 6.54 Å². The second-order valence-corrected chi connectivity index (χ2v) is 4.71. The van der Waals surface area contributed by atoms with Crippen LogP contribution in [0.2, 0.25) is 0 Å². The lowest BCUT2D eigenvalue weighted by molar-refractivity contribution is 0.587. The molecule has 0 aliphatic heterocycles. The van der Waals surface area contributed by atoms with E-state index in [0.717, 1.165) is 25.9 Å². The van der Waals surface area contributed by atoms with Crippen molar-refractivity contribution in [3.05, 3.63) is 48.0 Å². The minimum absolute atomic E-state index is 0.180. The van der Waals surface area contributed by atoms with Crippen LogP contribution in [0, 0.1) is 0 Å². The fraction of sp³-hybridized carbons (Fsp3) is 0.467. The van der Waals surface area contributed by atoms with Crippen LogP contribution in [0.15, 0.2) is 36.9 Å².